The second kappa shape index (κ2) is 6.92. The lowest BCUT2D eigenvalue weighted by Gasteiger charge is -2.46. The number of hydrogen-bond donors (Lipinski definition) is 3. The summed E-state index contributed by atoms with van der Waals surface area (Å²) in [6.45, 7) is 6.36. The quantitative estimate of drug-likeness (QED) is 0.555. The molecule has 0 aromatic carbocycles. The molecule has 0 amide bonds. The van der Waals surface area contributed by atoms with Gasteiger partial charge in [0.05, 0.1) is 11.1 Å². The third-order valence-corrected chi connectivity index (χ3v) is 5.00. The van der Waals surface area contributed by atoms with E-state index in [4.69, 9.17) is 23.2 Å². The molecular formula is C15H26ClN5. The van der Waals surface area contributed by atoms with Crippen LogP contribution in [0.2, 0.25) is 5.02 Å². The van der Waals surface area contributed by atoms with Crippen LogP contribution in [0.5, 0.6) is 0 Å². The number of anilines is 1. The van der Waals surface area contributed by atoms with Gasteiger partial charge in [0.1, 0.15) is 5.82 Å². The first-order valence-corrected chi connectivity index (χ1v) is 8.09. The monoisotopic (exact) mass is 311 g/mol. The first kappa shape index (κ1) is 16.5. The number of halogens is 1. The summed E-state index contributed by atoms with van der Waals surface area (Å²) in [4.78, 5) is 6.68. The van der Waals surface area contributed by atoms with Gasteiger partial charge in [0.15, 0.2) is 0 Å². The molecule has 1 unspecified atom stereocenters. The summed E-state index contributed by atoms with van der Waals surface area (Å²) in [6, 6.07) is 1.82. The van der Waals surface area contributed by atoms with Gasteiger partial charge >= 0.3 is 0 Å². The van der Waals surface area contributed by atoms with Crippen LogP contribution in [0.25, 0.3) is 0 Å². The summed E-state index contributed by atoms with van der Waals surface area (Å²) in [7, 11) is 0. The molecular weight excluding hydrogens is 286 g/mol. The number of nitrogens with two attached hydrogens (primary N) is 2. The maximum Gasteiger partial charge on any atom is 0.128 e. The Labute approximate surface area is 132 Å². The van der Waals surface area contributed by atoms with E-state index in [0.29, 0.717) is 10.8 Å². The summed E-state index contributed by atoms with van der Waals surface area (Å²) in [5.41, 5.74) is 9.98. The SMILES string of the molecule is CCN(CC)C1(C(NN)c2cc(Cl)cnc2N)CCCC1. The molecule has 5 N–H and O–H groups in total. The van der Waals surface area contributed by atoms with Crippen molar-refractivity contribution in [2.75, 3.05) is 18.8 Å². The van der Waals surface area contributed by atoms with Crippen molar-refractivity contribution >= 4 is 17.4 Å². The van der Waals surface area contributed by atoms with Crippen LogP contribution in [0.4, 0.5) is 5.82 Å². The highest BCUT2D eigenvalue weighted by atomic mass is 35.5. The molecule has 0 aliphatic heterocycles. The second-order valence-corrected chi connectivity index (χ2v) is 6.15. The Morgan fingerprint density at radius 2 is 2.00 bits per heavy atom. The first-order chi connectivity index (χ1) is 10.1. The van der Waals surface area contributed by atoms with E-state index in [0.717, 1.165) is 31.5 Å². The molecule has 0 spiro atoms. The van der Waals surface area contributed by atoms with Crippen LogP contribution in [0.15, 0.2) is 12.3 Å². The molecule has 0 saturated heterocycles. The minimum absolute atomic E-state index is 0.0151. The Hall–Kier alpha value is -0.880. The number of hydrogen-bond acceptors (Lipinski definition) is 5. The van der Waals surface area contributed by atoms with Gasteiger partial charge in [-0.2, -0.15) is 0 Å². The fourth-order valence-corrected chi connectivity index (χ4v) is 4.03. The van der Waals surface area contributed by atoms with E-state index in [1.807, 2.05) is 6.07 Å². The van der Waals surface area contributed by atoms with Crippen molar-refractivity contribution in [1.82, 2.24) is 15.3 Å². The number of aromatic nitrogens is 1. The van der Waals surface area contributed by atoms with E-state index in [2.05, 4.69) is 29.2 Å². The molecule has 1 aliphatic rings. The van der Waals surface area contributed by atoms with Gasteiger partial charge in [0.25, 0.3) is 0 Å². The van der Waals surface area contributed by atoms with Crippen LogP contribution in [-0.2, 0) is 0 Å². The van der Waals surface area contributed by atoms with Gasteiger partial charge in [0, 0.05) is 17.3 Å². The number of nitrogen functional groups attached to an aromatic ring is 1. The average molecular weight is 312 g/mol. The van der Waals surface area contributed by atoms with Gasteiger partial charge in [-0.15, -0.1) is 0 Å². The van der Waals surface area contributed by atoms with E-state index in [9.17, 15) is 0 Å². The van der Waals surface area contributed by atoms with Crippen molar-refractivity contribution in [3.63, 3.8) is 0 Å². The zero-order valence-electron chi connectivity index (χ0n) is 12.9. The maximum atomic E-state index is 6.12. The Morgan fingerprint density at radius 1 is 1.38 bits per heavy atom. The second-order valence-electron chi connectivity index (χ2n) is 5.71. The topological polar surface area (TPSA) is 80.2 Å². The van der Waals surface area contributed by atoms with E-state index in [1.54, 1.807) is 6.20 Å². The summed E-state index contributed by atoms with van der Waals surface area (Å²) >= 11 is 6.12. The first-order valence-electron chi connectivity index (χ1n) is 7.71. The van der Waals surface area contributed by atoms with Crippen molar-refractivity contribution in [3.8, 4) is 0 Å². The Kier molecular flexibility index (Phi) is 5.43. The van der Waals surface area contributed by atoms with E-state index in [1.165, 1.54) is 12.8 Å². The van der Waals surface area contributed by atoms with Crippen LogP contribution in [0, 0.1) is 0 Å². The molecule has 1 fully saturated rings. The normalized spacial score (nSPS) is 19.1. The lowest BCUT2D eigenvalue weighted by atomic mass is 9.82. The fourth-order valence-electron chi connectivity index (χ4n) is 3.86. The zero-order chi connectivity index (χ0) is 15.5. The lowest BCUT2D eigenvalue weighted by molar-refractivity contribution is 0.0628. The Morgan fingerprint density at radius 3 is 2.52 bits per heavy atom. The molecule has 5 nitrogen and oxygen atoms in total. The molecule has 6 heteroatoms. The van der Waals surface area contributed by atoms with E-state index >= 15 is 0 Å². The van der Waals surface area contributed by atoms with Gasteiger partial charge in [-0.25, -0.2) is 4.98 Å². The molecule has 1 heterocycles. The molecule has 118 valence electrons. The highest BCUT2D eigenvalue weighted by Crippen LogP contribution is 2.45. The number of rotatable bonds is 6. The predicted molar refractivity (Wildman–Crippen MR) is 87.8 cm³/mol. The van der Waals surface area contributed by atoms with Crippen LogP contribution in [0.3, 0.4) is 0 Å². The molecule has 0 bridgehead atoms. The number of pyridine rings is 1. The van der Waals surface area contributed by atoms with Gasteiger partial charge in [-0.3, -0.25) is 16.2 Å². The maximum absolute atomic E-state index is 6.12. The minimum atomic E-state index is -0.0638. The predicted octanol–water partition coefficient (Wildman–Crippen LogP) is 2.48. The van der Waals surface area contributed by atoms with Crippen molar-refractivity contribution in [1.29, 1.82) is 0 Å². The molecule has 1 saturated carbocycles. The molecule has 2 rings (SSSR count). The average Bonchev–Trinajstić information content (AvgIpc) is 2.95. The van der Waals surface area contributed by atoms with Crippen molar-refractivity contribution < 1.29 is 0 Å². The highest BCUT2D eigenvalue weighted by molar-refractivity contribution is 6.30. The highest BCUT2D eigenvalue weighted by Gasteiger charge is 2.46. The standard InChI is InChI=1S/C15H26ClN5/c1-3-21(4-2)15(7-5-6-8-15)13(20-18)12-9-11(16)10-19-14(12)17/h9-10,13,20H,3-8,18H2,1-2H3,(H2,17,19). The minimum Gasteiger partial charge on any atom is -0.383 e. The van der Waals surface area contributed by atoms with Crippen LogP contribution < -0.4 is 17.0 Å². The fraction of sp³-hybridized carbons (Fsp3) is 0.667. The molecule has 21 heavy (non-hydrogen) atoms. The van der Waals surface area contributed by atoms with Gasteiger partial charge in [-0.05, 0) is 32.0 Å². The van der Waals surface area contributed by atoms with Crippen molar-refractivity contribution in [2.45, 2.75) is 51.1 Å². The Bertz CT molecular complexity index is 469. The zero-order valence-corrected chi connectivity index (χ0v) is 13.7. The van der Waals surface area contributed by atoms with Crippen molar-refractivity contribution in [3.05, 3.63) is 22.8 Å². The van der Waals surface area contributed by atoms with Gasteiger partial charge in [-0.1, -0.05) is 38.3 Å². The van der Waals surface area contributed by atoms with Gasteiger partial charge < -0.3 is 5.73 Å². The third kappa shape index (κ3) is 3.01. The number of likely N-dealkylation sites (N-methyl/N-ethyl adjacent to an activating group) is 1. The summed E-state index contributed by atoms with van der Waals surface area (Å²) in [6.07, 6.45) is 6.21. The molecule has 1 aliphatic carbocycles. The van der Waals surface area contributed by atoms with E-state index < -0.39 is 0 Å². The van der Waals surface area contributed by atoms with Crippen LogP contribution >= 0.6 is 11.6 Å². The van der Waals surface area contributed by atoms with E-state index in [-0.39, 0.29) is 11.6 Å². The van der Waals surface area contributed by atoms with Crippen LogP contribution in [-0.4, -0.2) is 28.5 Å². The molecule has 0 radical (unpaired) electrons. The largest absolute Gasteiger partial charge is 0.383 e. The van der Waals surface area contributed by atoms with Gasteiger partial charge in [0.2, 0.25) is 0 Å². The smallest absolute Gasteiger partial charge is 0.128 e. The number of nitrogens with one attached hydrogen (secondary N) is 1. The summed E-state index contributed by atoms with van der Waals surface area (Å²) in [5, 5.41) is 0.590. The van der Waals surface area contributed by atoms with Crippen molar-refractivity contribution in [2.24, 2.45) is 5.84 Å². The molecule has 1 atom stereocenters. The summed E-state index contributed by atoms with van der Waals surface area (Å²) < 4.78 is 0. The Balaban J connectivity index is 2.47. The molecule has 1 aromatic heterocycles. The number of hydrazine groups is 1. The number of nitrogens with zero attached hydrogens (tertiary/aromatic N) is 2. The summed E-state index contributed by atoms with van der Waals surface area (Å²) in [5.74, 6) is 6.43. The lowest BCUT2D eigenvalue weighted by Crippen LogP contribution is -2.56. The molecule has 1 aromatic rings. The van der Waals surface area contributed by atoms with Crippen LogP contribution in [0.1, 0.15) is 51.1 Å². The third-order valence-electron chi connectivity index (χ3n) is 4.79.